The van der Waals surface area contributed by atoms with Crippen molar-refractivity contribution in [2.24, 2.45) is 0 Å². The molecule has 114 valence electrons. The Hall–Kier alpha value is -2.55. The topological polar surface area (TPSA) is 46.5 Å². The van der Waals surface area contributed by atoms with E-state index in [1.54, 1.807) is 12.1 Å². The first-order valence-electron chi connectivity index (χ1n) is 7.22. The maximum atomic E-state index is 11.2. The molecule has 0 heterocycles. The molecule has 0 bridgehead atoms. The molecule has 0 aliphatic heterocycles. The number of hydrogen-bond acceptors (Lipinski definition) is 3. The van der Waals surface area contributed by atoms with Crippen molar-refractivity contribution in [2.75, 3.05) is 7.11 Å². The van der Waals surface area contributed by atoms with Crippen molar-refractivity contribution in [3.63, 3.8) is 0 Å². The molecule has 0 unspecified atom stereocenters. The number of phenolic OH excluding ortho intramolecular Hbond substituents is 1. The molecule has 0 radical (unpaired) electrons. The quantitative estimate of drug-likeness (QED) is 0.667. The number of allylic oxidation sites excluding steroid dienone is 1. The summed E-state index contributed by atoms with van der Waals surface area (Å²) < 4.78 is 4.62. The lowest BCUT2D eigenvalue weighted by Gasteiger charge is -2.06. The van der Waals surface area contributed by atoms with Crippen LogP contribution in [0.1, 0.15) is 18.9 Å². The maximum absolute atomic E-state index is 11.2. The van der Waals surface area contributed by atoms with Crippen LogP contribution in [0.4, 0.5) is 0 Å². The second kappa shape index (κ2) is 7.46. The van der Waals surface area contributed by atoms with E-state index in [9.17, 15) is 9.90 Å². The zero-order valence-corrected chi connectivity index (χ0v) is 12.9. The molecule has 22 heavy (non-hydrogen) atoms. The molecule has 3 nitrogen and oxygen atoms in total. The molecule has 1 N–H and O–H groups in total. The van der Waals surface area contributed by atoms with Gasteiger partial charge in [0.1, 0.15) is 5.75 Å². The molecule has 2 rings (SSSR count). The predicted octanol–water partition coefficient (Wildman–Crippen LogP) is 4.11. The van der Waals surface area contributed by atoms with Crippen molar-refractivity contribution in [1.82, 2.24) is 0 Å². The van der Waals surface area contributed by atoms with Crippen LogP contribution in [0.5, 0.6) is 5.75 Å². The summed E-state index contributed by atoms with van der Waals surface area (Å²) in [7, 11) is 1.38. The highest BCUT2D eigenvalue weighted by atomic mass is 16.5. The molecule has 0 aliphatic rings. The molecular weight excluding hydrogens is 276 g/mol. The van der Waals surface area contributed by atoms with Crippen molar-refractivity contribution >= 4 is 5.97 Å². The second-order valence-electron chi connectivity index (χ2n) is 5.26. The molecule has 0 saturated heterocycles. The number of carbonyl (C=O) groups excluding carboxylic acids is 1. The highest BCUT2D eigenvalue weighted by molar-refractivity contribution is 5.82. The Balaban J connectivity index is 2.07. The summed E-state index contributed by atoms with van der Waals surface area (Å²) in [5, 5.41) is 9.35. The van der Waals surface area contributed by atoms with E-state index in [1.807, 2.05) is 31.2 Å². The Kier molecular flexibility index (Phi) is 5.37. The summed E-state index contributed by atoms with van der Waals surface area (Å²) in [5.74, 6) is -0.0428. The molecule has 0 aromatic heterocycles. The zero-order valence-electron chi connectivity index (χ0n) is 12.9. The average Bonchev–Trinajstić information content (AvgIpc) is 2.54. The van der Waals surface area contributed by atoms with Gasteiger partial charge in [-0.3, -0.25) is 0 Å². The predicted molar refractivity (Wildman–Crippen MR) is 87.6 cm³/mol. The summed E-state index contributed by atoms with van der Waals surface area (Å²) in [6.07, 6.45) is 3.21. The van der Waals surface area contributed by atoms with Gasteiger partial charge in [-0.15, -0.1) is 0 Å². The van der Waals surface area contributed by atoms with Gasteiger partial charge in [-0.25, -0.2) is 4.79 Å². The molecule has 2 aromatic carbocycles. The fourth-order valence-electron chi connectivity index (χ4n) is 2.23. The van der Waals surface area contributed by atoms with E-state index in [-0.39, 0.29) is 11.7 Å². The first kappa shape index (κ1) is 15.8. The number of carbonyl (C=O) groups is 1. The average molecular weight is 296 g/mol. The van der Waals surface area contributed by atoms with Crippen molar-refractivity contribution in [3.8, 4) is 16.9 Å². The fourth-order valence-corrected chi connectivity index (χ4v) is 2.23. The number of aromatic hydroxyl groups is 1. The van der Waals surface area contributed by atoms with Crippen molar-refractivity contribution in [3.05, 3.63) is 65.7 Å². The third-order valence-electron chi connectivity index (χ3n) is 3.50. The monoisotopic (exact) mass is 296 g/mol. The lowest BCUT2D eigenvalue weighted by atomic mass is 9.99. The normalized spacial score (nSPS) is 11.3. The minimum absolute atomic E-state index is 0.267. The lowest BCUT2D eigenvalue weighted by molar-refractivity contribution is -0.134. The van der Waals surface area contributed by atoms with Crippen LogP contribution in [0.2, 0.25) is 0 Å². The second-order valence-corrected chi connectivity index (χ2v) is 5.26. The molecule has 0 amide bonds. The van der Waals surface area contributed by atoms with Gasteiger partial charge in [-0.1, -0.05) is 42.0 Å². The largest absolute Gasteiger partial charge is 0.508 e. The first-order chi connectivity index (χ1) is 10.6. The summed E-state index contributed by atoms with van der Waals surface area (Å²) in [6, 6.07) is 15.5. The summed E-state index contributed by atoms with van der Waals surface area (Å²) in [6.45, 7) is 1.93. The van der Waals surface area contributed by atoms with Crippen LogP contribution in [0.25, 0.3) is 11.1 Å². The number of esters is 1. The Morgan fingerprint density at radius 3 is 2.55 bits per heavy atom. The van der Waals surface area contributed by atoms with E-state index in [1.165, 1.54) is 18.7 Å². The molecule has 0 saturated carbocycles. The Morgan fingerprint density at radius 2 is 1.86 bits per heavy atom. The van der Waals surface area contributed by atoms with Crippen molar-refractivity contribution in [1.29, 1.82) is 0 Å². The number of hydrogen-bond donors (Lipinski definition) is 1. The lowest BCUT2D eigenvalue weighted by Crippen LogP contribution is -1.97. The van der Waals surface area contributed by atoms with Crippen molar-refractivity contribution < 1.29 is 14.6 Å². The highest BCUT2D eigenvalue weighted by Gasteiger charge is 2.02. The Morgan fingerprint density at radius 1 is 1.14 bits per heavy atom. The summed E-state index contributed by atoms with van der Waals surface area (Å²) >= 11 is 0. The standard InChI is InChI=1S/C19H20O3/c1-14(12-19(21)22-2)6-7-15-4-3-5-17(13-15)16-8-10-18(20)11-9-16/h3-5,8-13,20H,6-7H2,1-2H3/b14-12+. The number of methoxy groups -OCH3 is 1. The summed E-state index contributed by atoms with van der Waals surface area (Å²) in [4.78, 5) is 11.2. The van der Waals surface area contributed by atoms with Gasteiger partial charge >= 0.3 is 5.97 Å². The van der Waals surface area contributed by atoms with Crippen LogP contribution in [-0.2, 0) is 16.0 Å². The van der Waals surface area contributed by atoms with Gasteiger partial charge in [0.15, 0.2) is 0 Å². The number of rotatable bonds is 5. The van der Waals surface area contributed by atoms with Crippen LogP contribution in [-0.4, -0.2) is 18.2 Å². The minimum Gasteiger partial charge on any atom is -0.508 e. The van der Waals surface area contributed by atoms with E-state index < -0.39 is 0 Å². The van der Waals surface area contributed by atoms with Crippen LogP contribution in [0.3, 0.4) is 0 Å². The van der Waals surface area contributed by atoms with E-state index >= 15 is 0 Å². The van der Waals surface area contributed by atoms with Gasteiger partial charge in [-0.2, -0.15) is 0 Å². The minimum atomic E-state index is -0.310. The van der Waals surface area contributed by atoms with E-state index in [2.05, 4.69) is 16.9 Å². The van der Waals surface area contributed by atoms with Gasteiger partial charge in [0.05, 0.1) is 7.11 Å². The number of aryl methyl sites for hydroxylation is 1. The third kappa shape index (κ3) is 4.48. The van der Waals surface area contributed by atoms with Gasteiger partial charge in [0.25, 0.3) is 0 Å². The highest BCUT2D eigenvalue weighted by Crippen LogP contribution is 2.23. The van der Waals surface area contributed by atoms with E-state index in [0.717, 1.165) is 29.5 Å². The van der Waals surface area contributed by atoms with Gasteiger partial charge in [0.2, 0.25) is 0 Å². The fraction of sp³-hybridized carbons (Fsp3) is 0.211. The SMILES string of the molecule is COC(=O)/C=C(\C)CCc1cccc(-c2ccc(O)cc2)c1. The van der Waals surface area contributed by atoms with E-state index in [0.29, 0.717) is 0 Å². The molecule has 2 aromatic rings. The Labute approximate surface area is 130 Å². The van der Waals surface area contributed by atoms with Crippen LogP contribution < -0.4 is 0 Å². The van der Waals surface area contributed by atoms with Gasteiger partial charge in [0, 0.05) is 6.08 Å². The Bertz CT molecular complexity index is 669. The molecule has 0 atom stereocenters. The van der Waals surface area contributed by atoms with Crippen LogP contribution in [0.15, 0.2) is 60.2 Å². The number of ether oxygens (including phenoxy) is 1. The number of benzene rings is 2. The van der Waals surface area contributed by atoms with Crippen LogP contribution >= 0.6 is 0 Å². The molecule has 0 spiro atoms. The first-order valence-corrected chi connectivity index (χ1v) is 7.22. The van der Waals surface area contributed by atoms with E-state index in [4.69, 9.17) is 0 Å². The third-order valence-corrected chi connectivity index (χ3v) is 3.50. The molecular formula is C19H20O3. The smallest absolute Gasteiger partial charge is 0.330 e. The van der Waals surface area contributed by atoms with Gasteiger partial charge in [-0.05, 0) is 48.6 Å². The maximum Gasteiger partial charge on any atom is 0.330 e. The molecule has 0 fully saturated rings. The molecule has 0 aliphatic carbocycles. The summed E-state index contributed by atoms with van der Waals surface area (Å²) in [5.41, 5.74) is 4.40. The number of phenols is 1. The zero-order chi connectivity index (χ0) is 15.9. The van der Waals surface area contributed by atoms with Crippen molar-refractivity contribution in [2.45, 2.75) is 19.8 Å². The van der Waals surface area contributed by atoms with Gasteiger partial charge < -0.3 is 9.84 Å². The van der Waals surface area contributed by atoms with Crippen LogP contribution in [0, 0.1) is 0 Å². The molecule has 3 heteroatoms.